The molecule has 0 aliphatic heterocycles. The van der Waals surface area contributed by atoms with Gasteiger partial charge >= 0.3 is 5.63 Å². The fraction of sp³-hybridized carbons (Fsp3) is 0.567. The number of hydrogen-bond donors (Lipinski definition) is 0. The predicted octanol–water partition coefficient (Wildman–Crippen LogP) is 8.39. The summed E-state index contributed by atoms with van der Waals surface area (Å²) in [5.74, 6) is 1.21. The number of rotatable bonds is 17. The standard InChI is InChI=1S/C30H44O5/c1-6-7-8-9-10-11-12-13-20-33-28-26-18-17-25(32-5)22-27(26)35-30(31)29(28)34-21-19-24(4)16-14-15-23(2)3/h15,17-19,22H,6-14,16,20-21H2,1-5H3/b24-19+. The van der Waals surface area contributed by atoms with Gasteiger partial charge in [0.15, 0.2) is 5.75 Å². The molecule has 35 heavy (non-hydrogen) atoms. The topological polar surface area (TPSA) is 57.9 Å². The summed E-state index contributed by atoms with van der Waals surface area (Å²) in [5, 5.41) is 0.712. The lowest BCUT2D eigenvalue weighted by Crippen LogP contribution is -2.11. The molecule has 0 aliphatic rings. The maximum Gasteiger partial charge on any atom is 0.383 e. The minimum absolute atomic E-state index is 0.135. The van der Waals surface area contributed by atoms with Gasteiger partial charge < -0.3 is 18.6 Å². The van der Waals surface area contributed by atoms with Gasteiger partial charge in [-0.15, -0.1) is 0 Å². The third-order valence-electron chi connectivity index (χ3n) is 6.02. The normalized spacial score (nSPS) is 11.5. The number of ether oxygens (including phenoxy) is 3. The van der Waals surface area contributed by atoms with Gasteiger partial charge in [-0.1, -0.05) is 69.1 Å². The summed E-state index contributed by atoms with van der Waals surface area (Å²) in [6.45, 7) is 9.35. The van der Waals surface area contributed by atoms with Crippen LogP contribution in [0.4, 0.5) is 0 Å². The molecule has 5 heteroatoms. The number of allylic oxidation sites excluding steroid dienone is 3. The molecule has 0 N–H and O–H groups in total. The Kier molecular flexibility index (Phi) is 13.1. The molecule has 1 aromatic heterocycles. The van der Waals surface area contributed by atoms with Gasteiger partial charge in [-0.2, -0.15) is 0 Å². The van der Waals surface area contributed by atoms with E-state index in [4.69, 9.17) is 18.6 Å². The van der Waals surface area contributed by atoms with Crippen molar-refractivity contribution in [2.75, 3.05) is 20.3 Å². The van der Waals surface area contributed by atoms with Gasteiger partial charge in [0, 0.05) is 6.07 Å². The van der Waals surface area contributed by atoms with Gasteiger partial charge in [0.25, 0.3) is 0 Å². The van der Waals surface area contributed by atoms with Crippen LogP contribution in [0.15, 0.2) is 50.7 Å². The van der Waals surface area contributed by atoms with E-state index < -0.39 is 5.63 Å². The summed E-state index contributed by atoms with van der Waals surface area (Å²) < 4.78 is 22.9. The van der Waals surface area contributed by atoms with E-state index in [-0.39, 0.29) is 5.75 Å². The van der Waals surface area contributed by atoms with Crippen molar-refractivity contribution in [2.24, 2.45) is 0 Å². The number of hydrogen-bond acceptors (Lipinski definition) is 5. The third-order valence-corrected chi connectivity index (χ3v) is 6.02. The summed E-state index contributed by atoms with van der Waals surface area (Å²) in [4.78, 5) is 12.8. The molecule has 0 spiro atoms. The van der Waals surface area contributed by atoms with Crippen molar-refractivity contribution in [2.45, 2.75) is 91.9 Å². The van der Waals surface area contributed by atoms with Crippen LogP contribution in [0, 0.1) is 0 Å². The first-order valence-corrected chi connectivity index (χ1v) is 13.2. The van der Waals surface area contributed by atoms with E-state index in [1.165, 1.54) is 49.7 Å². The summed E-state index contributed by atoms with van der Waals surface area (Å²) in [5.41, 5.74) is 2.44. The molecule has 0 saturated carbocycles. The fourth-order valence-electron chi connectivity index (χ4n) is 3.90. The Hall–Kier alpha value is -2.69. The molecule has 2 rings (SSSR count). The summed E-state index contributed by atoms with van der Waals surface area (Å²) in [6.07, 6.45) is 16.0. The van der Waals surface area contributed by atoms with Crippen LogP contribution < -0.4 is 19.8 Å². The molecular weight excluding hydrogens is 440 g/mol. The molecule has 1 heterocycles. The van der Waals surface area contributed by atoms with Gasteiger partial charge in [0.05, 0.1) is 19.1 Å². The van der Waals surface area contributed by atoms with Crippen molar-refractivity contribution in [3.63, 3.8) is 0 Å². The lowest BCUT2D eigenvalue weighted by Gasteiger charge is -2.14. The summed E-state index contributed by atoms with van der Waals surface area (Å²) in [6, 6.07) is 5.40. The van der Waals surface area contributed by atoms with E-state index in [1.54, 1.807) is 13.2 Å². The molecule has 0 saturated heterocycles. The Morgan fingerprint density at radius 2 is 1.63 bits per heavy atom. The smallest absolute Gasteiger partial charge is 0.383 e. The average Bonchev–Trinajstić information content (AvgIpc) is 2.83. The molecule has 5 nitrogen and oxygen atoms in total. The highest BCUT2D eigenvalue weighted by Crippen LogP contribution is 2.35. The van der Waals surface area contributed by atoms with Crippen molar-refractivity contribution in [1.82, 2.24) is 0 Å². The highest BCUT2D eigenvalue weighted by Gasteiger charge is 2.18. The van der Waals surface area contributed by atoms with E-state index in [1.807, 2.05) is 18.2 Å². The van der Waals surface area contributed by atoms with Crippen LogP contribution in [0.2, 0.25) is 0 Å². The van der Waals surface area contributed by atoms with E-state index in [0.29, 0.717) is 35.7 Å². The van der Waals surface area contributed by atoms with Crippen molar-refractivity contribution in [1.29, 1.82) is 0 Å². The molecule has 0 bridgehead atoms. The zero-order valence-corrected chi connectivity index (χ0v) is 22.4. The minimum Gasteiger partial charge on any atom is -0.497 e. The Labute approximate surface area is 211 Å². The largest absolute Gasteiger partial charge is 0.497 e. The quantitative estimate of drug-likeness (QED) is 0.128. The summed E-state index contributed by atoms with van der Waals surface area (Å²) >= 11 is 0. The number of fused-ring (bicyclic) bond motifs is 1. The van der Waals surface area contributed by atoms with Crippen molar-refractivity contribution >= 4 is 11.0 Å². The van der Waals surface area contributed by atoms with E-state index in [0.717, 1.165) is 25.7 Å². The van der Waals surface area contributed by atoms with Crippen LogP contribution in [0.25, 0.3) is 11.0 Å². The van der Waals surface area contributed by atoms with Crippen molar-refractivity contribution in [3.05, 3.63) is 51.9 Å². The highest BCUT2D eigenvalue weighted by atomic mass is 16.5. The first-order valence-electron chi connectivity index (χ1n) is 13.2. The van der Waals surface area contributed by atoms with E-state index >= 15 is 0 Å². The molecule has 2 aromatic rings. The zero-order valence-electron chi connectivity index (χ0n) is 22.4. The average molecular weight is 485 g/mol. The molecule has 0 amide bonds. The Bertz CT molecular complexity index is 1010. The lowest BCUT2D eigenvalue weighted by atomic mass is 10.1. The molecule has 0 fully saturated rings. The maximum absolute atomic E-state index is 12.8. The zero-order chi connectivity index (χ0) is 25.5. The first-order chi connectivity index (χ1) is 17.0. The van der Waals surface area contributed by atoms with Gasteiger partial charge in [-0.3, -0.25) is 0 Å². The Morgan fingerprint density at radius 1 is 0.914 bits per heavy atom. The van der Waals surface area contributed by atoms with Crippen LogP contribution in [-0.2, 0) is 0 Å². The monoisotopic (exact) mass is 484 g/mol. The number of benzene rings is 1. The molecule has 0 aliphatic carbocycles. The maximum atomic E-state index is 12.8. The summed E-state index contributed by atoms with van der Waals surface area (Å²) in [7, 11) is 1.59. The van der Waals surface area contributed by atoms with Crippen molar-refractivity contribution in [3.8, 4) is 17.2 Å². The van der Waals surface area contributed by atoms with Crippen LogP contribution in [0.5, 0.6) is 17.2 Å². The minimum atomic E-state index is -0.535. The second-order valence-electron chi connectivity index (χ2n) is 9.41. The SMILES string of the molecule is CCCCCCCCCCOc1c(OC/C=C(\C)CCC=C(C)C)c(=O)oc2cc(OC)ccc12. The second-order valence-corrected chi connectivity index (χ2v) is 9.41. The highest BCUT2D eigenvalue weighted by molar-refractivity contribution is 5.86. The molecule has 0 radical (unpaired) electrons. The van der Waals surface area contributed by atoms with Crippen molar-refractivity contribution < 1.29 is 18.6 Å². The molecule has 0 unspecified atom stereocenters. The lowest BCUT2D eigenvalue weighted by molar-refractivity contribution is 0.269. The molecule has 0 atom stereocenters. The van der Waals surface area contributed by atoms with Crippen LogP contribution in [-0.4, -0.2) is 20.3 Å². The van der Waals surface area contributed by atoms with E-state index in [9.17, 15) is 4.79 Å². The number of unbranched alkanes of at least 4 members (excludes halogenated alkanes) is 7. The van der Waals surface area contributed by atoms with Gasteiger partial charge in [0.2, 0.25) is 5.75 Å². The Balaban J connectivity index is 2.07. The molecule has 194 valence electrons. The molecule has 1 aromatic carbocycles. The van der Waals surface area contributed by atoms with E-state index in [2.05, 4.69) is 33.8 Å². The third kappa shape index (κ3) is 10.2. The van der Waals surface area contributed by atoms with Gasteiger partial charge in [0.1, 0.15) is 17.9 Å². The Morgan fingerprint density at radius 3 is 2.31 bits per heavy atom. The fourth-order valence-corrected chi connectivity index (χ4v) is 3.90. The predicted molar refractivity (Wildman–Crippen MR) is 145 cm³/mol. The van der Waals surface area contributed by atoms with Crippen LogP contribution in [0.1, 0.15) is 91.9 Å². The van der Waals surface area contributed by atoms with Gasteiger partial charge in [-0.25, -0.2) is 4.79 Å². The van der Waals surface area contributed by atoms with Crippen LogP contribution >= 0.6 is 0 Å². The first kappa shape index (κ1) is 28.5. The van der Waals surface area contributed by atoms with Crippen LogP contribution in [0.3, 0.4) is 0 Å². The number of methoxy groups -OCH3 is 1. The molecular formula is C30H44O5. The second kappa shape index (κ2) is 16.1. The van der Waals surface area contributed by atoms with Gasteiger partial charge in [-0.05, 0) is 58.2 Å².